The Morgan fingerprint density at radius 2 is 2.25 bits per heavy atom. The summed E-state index contributed by atoms with van der Waals surface area (Å²) >= 11 is 5.89. The molecule has 0 amide bonds. The van der Waals surface area contributed by atoms with Gasteiger partial charge in [-0.3, -0.25) is 4.90 Å². The second-order valence-corrected chi connectivity index (χ2v) is 4.66. The molecule has 2 N–H and O–H groups in total. The molecule has 1 fully saturated rings. The van der Waals surface area contributed by atoms with E-state index in [1.807, 2.05) is 0 Å². The zero-order valence-corrected chi connectivity index (χ0v) is 9.82. The van der Waals surface area contributed by atoms with Gasteiger partial charge in [0.05, 0.1) is 6.61 Å². The monoisotopic (exact) mass is 241 g/mol. The molecule has 1 aliphatic rings. The zero-order chi connectivity index (χ0) is 11.5. The minimum Gasteiger partial charge on any atom is -0.508 e. The minimum atomic E-state index is 0.182. The van der Waals surface area contributed by atoms with Crippen LogP contribution in [0.15, 0.2) is 18.2 Å². The van der Waals surface area contributed by atoms with Gasteiger partial charge in [-0.1, -0.05) is 11.6 Å². The first-order valence-electron chi connectivity index (χ1n) is 5.53. The Bertz CT molecular complexity index is 370. The fourth-order valence-corrected chi connectivity index (χ4v) is 2.40. The number of aliphatic hydroxyl groups excluding tert-OH is 1. The molecule has 1 saturated heterocycles. The van der Waals surface area contributed by atoms with Gasteiger partial charge in [-0.2, -0.15) is 0 Å². The van der Waals surface area contributed by atoms with Gasteiger partial charge in [0.1, 0.15) is 5.75 Å². The molecule has 1 aromatic carbocycles. The van der Waals surface area contributed by atoms with E-state index in [2.05, 4.69) is 4.90 Å². The van der Waals surface area contributed by atoms with Crippen LogP contribution in [0.1, 0.15) is 18.4 Å². The highest BCUT2D eigenvalue weighted by atomic mass is 35.5. The molecular weight excluding hydrogens is 226 g/mol. The molecule has 0 unspecified atom stereocenters. The standard InChI is InChI=1S/C12H16ClNO2/c13-10-3-4-12(16)9(6-10)7-14-5-1-2-11(14)8-15/h3-4,6,11,15-16H,1-2,5,7-8H2/t11-/m0/s1. The van der Waals surface area contributed by atoms with Crippen LogP contribution in [0.5, 0.6) is 5.75 Å². The smallest absolute Gasteiger partial charge is 0.120 e. The van der Waals surface area contributed by atoms with Crippen molar-refractivity contribution < 1.29 is 10.2 Å². The number of rotatable bonds is 3. The molecule has 0 bridgehead atoms. The molecule has 4 heteroatoms. The van der Waals surface area contributed by atoms with Gasteiger partial charge in [-0.25, -0.2) is 0 Å². The van der Waals surface area contributed by atoms with Crippen LogP contribution in [0.25, 0.3) is 0 Å². The van der Waals surface area contributed by atoms with Crippen LogP contribution in [0.2, 0.25) is 5.02 Å². The van der Waals surface area contributed by atoms with Gasteiger partial charge in [-0.05, 0) is 37.6 Å². The maximum absolute atomic E-state index is 9.71. The van der Waals surface area contributed by atoms with Gasteiger partial charge in [0.25, 0.3) is 0 Å². The third-order valence-electron chi connectivity index (χ3n) is 3.12. The van der Waals surface area contributed by atoms with E-state index in [9.17, 15) is 10.2 Å². The molecule has 88 valence electrons. The highest BCUT2D eigenvalue weighted by Gasteiger charge is 2.24. The molecule has 1 heterocycles. The van der Waals surface area contributed by atoms with Crippen LogP contribution in [-0.2, 0) is 6.54 Å². The molecular formula is C12H16ClNO2. The van der Waals surface area contributed by atoms with Crippen LogP contribution in [0.4, 0.5) is 0 Å². The van der Waals surface area contributed by atoms with Crippen molar-refractivity contribution in [3.05, 3.63) is 28.8 Å². The summed E-state index contributed by atoms with van der Waals surface area (Å²) < 4.78 is 0. The van der Waals surface area contributed by atoms with Gasteiger partial charge in [0.2, 0.25) is 0 Å². The van der Waals surface area contributed by atoms with E-state index >= 15 is 0 Å². The summed E-state index contributed by atoms with van der Waals surface area (Å²) in [4.78, 5) is 2.19. The third-order valence-corrected chi connectivity index (χ3v) is 3.36. The summed E-state index contributed by atoms with van der Waals surface area (Å²) in [6, 6.07) is 5.29. The number of hydrogen-bond donors (Lipinski definition) is 2. The Balaban J connectivity index is 2.11. The topological polar surface area (TPSA) is 43.7 Å². The van der Waals surface area contributed by atoms with E-state index in [0.29, 0.717) is 11.6 Å². The van der Waals surface area contributed by atoms with Crippen molar-refractivity contribution >= 4 is 11.6 Å². The van der Waals surface area contributed by atoms with Crippen molar-refractivity contribution in [3.8, 4) is 5.75 Å². The highest BCUT2D eigenvalue weighted by molar-refractivity contribution is 6.30. The Kier molecular flexibility index (Phi) is 3.69. The maximum atomic E-state index is 9.71. The SMILES string of the molecule is OC[C@@H]1CCCN1Cc1cc(Cl)ccc1O. The molecule has 0 spiro atoms. The number of halogens is 1. The fourth-order valence-electron chi connectivity index (χ4n) is 2.21. The number of phenols is 1. The number of benzene rings is 1. The summed E-state index contributed by atoms with van der Waals surface area (Å²) in [5.41, 5.74) is 0.827. The summed E-state index contributed by atoms with van der Waals surface area (Å²) in [5.74, 6) is 0.271. The maximum Gasteiger partial charge on any atom is 0.120 e. The molecule has 0 radical (unpaired) electrons. The van der Waals surface area contributed by atoms with Gasteiger partial charge in [0, 0.05) is 23.2 Å². The molecule has 2 rings (SSSR count). The molecule has 1 aromatic rings. The molecule has 3 nitrogen and oxygen atoms in total. The largest absolute Gasteiger partial charge is 0.508 e. The van der Waals surface area contributed by atoms with E-state index in [1.54, 1.807) is 18.2 Å². The van der Waals surface area contributed by atoms with E-state index in [-0.39, 0.29) is 18.4 Å². The van der Waals surface area contributed by atoms with Crippen molar-refractivity contribution in [1.29, 1.82) is 0 Å². The molecule has 0 saturated carbocycles. The fraction of sp³-hybridized carbons (Fsp3) is 0.500. The molecule has 1 atom stereocenters. The summed E-state index contributed by atoms with van der Waals surface area (Å²) in [6.07, 6.45) is 2.13. The van der Waals surface area contributed by atoms with E-state index in [1.165, 1.54) is 0 Å². The Morgan fingerprint density at radius 3 is 3.00 bits per heavy atom. The number of aromatic hydroxyl groups is 1. The minimum absolute atomic E-state index is 0.182. The molecule has 0 aromatic heterocycles. The molecule has 1 aliphatic heterocycles. The van der Waals surface area contributed by atoms with E-state index < -0.39 is 0 Å². The second-order valence-electron chi connectivity index (χ2n) is 4.22. The van der Waals surface area contributed by atoms with Crippen molar-refractivity contribution in [3.63, 3.8) is 0 Å². The van der Waals surface area contributed by atoms with Crippen LogP contribution in [-0.4, -0.2) is 34.3 Å². The molecule has 16 heavy (non-hydrogen) atoms. The van der Waals surface area contributed by atoms with E-state index in [4.69, 9.17) is 11.6 Å². The van der Waals surface area contributed by atoms with Crippen LogP contribution in [0, 0.1) is 0 Å². The summed E-state index contributed by atoms with van der Waals surface area (Å²) in [6.45, 7) is 1.80. The van der Waals surface area contributed by atoms with Gasteiger partial charge in [0.15, 0.2) is 0 Å². The predicted molar refractivity (Wildman–Crippen MR) is 63.6 cm³/mol. The number of nitrogens with zero attached hydrogens (tertiary/aromatic N) is 1. The number of aliphatic hydroxyl groups is 1. The predicted octanol–water partition coefficient (Wildman–Crippen LogP) is 2.00. The van der Waals surface area contributed by atoms with Gasteiger partial charge < -0.3 is 10.2 Å². The van der Waals surface area contributed by atoms with Crippen molar-refractivity contribution in [2.75, 3.05) is 13.2 Å². The lowest BCUT2D eigenvalue weighted by Gasteiger charge is -2.23. The van der Waals surface area contributed by atoms with Crippen molar-refractivity contribution in [2.24, 2.45) is 0 Å². The third kappa shape index (κ3) is 2.48. The Hall–Kier alpha value is -0.770. The van der Waals surface area contributed by atoms with Crippen LogP contribution < -0.4 is 0 Å². The first-order chi connectivity index (χ1) is 7.70. The number of phenolic OH excluding ortho intramolecular Hbond substituents is 1. The zero-order valence-electron chi connectivity index (χ0n) is 9.06. The van der Waals surface area contributed by atoms with Crippen molar-refractivity contribution in [2.45, 2.75) is 25.4 Å². The first-order valence-corrected chi connectivity index (χ1v) is 5.91. The van der Waals surface area contributed by atoms with E-state index in [0.717, 1.165) is 24.9 Å². The Labute approximate surface area is 100 Å². The van der Waals surface area contributed by atoms with Gasteiger partial charge >= 0.3 is 0 Å². The summed E-state index contributed by atoms with van der Waals surface area (Å²) in [5, 5.41) is 19.5. The lowest BCUT2D eigenvalue weighted by molar-refractivity contribution is 0.152. The normalized spacial score (nSPS) is 21.5. The molecule has 0 aliphatic carbocycles. The lowest BCUT2D eigenvalue weighted by atomic mass is 10.1. The van der Waals surface area contributed by atoms with Crippen LogP contribution in [0.3, 0.4) is 0 Å². The Morgan fingerprint density at radius 1 is 1.44 bits per heavy atom. The first kappa shape index (κ1) is 11.7. The average molecular weight is 242 g/mol. The lowest BCUT2D eigenvalue weighted by Crippen LogP contribution is -2.31. The summed E-state index contributed by atoms with van der Waals surface area (Å²) in [7, 11) is 0. The highest BCUT2D eigenvalue weighted by Crippen LogP contribution is 2.26. The second kappa shape index (κ2) is 5.04. The van der Waals surface area contributed by atoms with Crippen LogP contribution >= 0.6 is 11.6 Å². The van der Waals surface area contributed by atoms with Gasteiger partial charge in [-0.15, -0.1) is 0 Å². The quantitative estimate of drug-likeness (QED) is 0.851. The van der Waals surface area contributed by atoms with Crippen molar-refractivity contribution in [1.82, 2.24) is 4.90 Å². The average Bonchev–Trinajstić information content (AvgIpc) is 2.71. The number of likely N-dealkylation sites (tertiary alicyclic amines) is 1. The number of hydrogen-bond acceptors (Lipinski definition) is 3.